The number of nitrogens with zero attached hydrogens (tertiary/aromatic N) is 5. The second-order valence-corrected chi connectivity index (χ2v) is 15.6. The van der Waals surface area contributed by atoms with Gasteiger partial charge >= 0.3 is 6.18 Å². The van der Waals surface area contributed by atoms with Crippen LogP contribution in [0.5, 0.6) is 0 Å². The van der Waals surface area contributed by atoms with Crippen LogP contribution in [0.15, 0.2) is 48.5 Å². The highest BCUT2D eigenvalue weighted by Gasteiger charge is 2.35. The number of halogens is 3. The van der Waals surface area contributed by atoms with Gasteiger partial charge in [-0.2, -0.15) is 22.6 Å². The van der Waals surface area contributed by atoms with Gasteiger partial charge in [-0.25, -0.2) is 8.42 Å². The number of hydrogen-bond acceptors (Lipinski definition) is 7. The molecule has 50 heavy (non-hydrogen) atoms. The lowest BCUT2D eigenvalue weighted by Crippen LogP contribution is -2.47. The molecule has 0 radical (unpaired) electrons. The summed E-state index contributed by atoms with van der Waals surface area (Å²) in [4.78, 5) is 16.4. The molecule has 3 N–H and O–H groups in total. The van der Waals surface area contributed by atoms with Crippen LogP contribution in [0.1, 0.15) is 48.1 Å². The van der Waals surface area contributed by atoms with Gasteiger partial charge in [0.15, 0.2) is 5.11 Å². The van der Waals surface area contributed by atoms with E-state index in [2.05, 4.69) is 15.5 Å². The van der Waals surface area contributed by atoms with Gasteiger partial charge in [0.2, 0.25) is 15.9 Å². The molecule has 2 saturated heterocycles. The van der Waals surface area contributed by atoms with Crippen molar-refractivity contribution in [2.75, 3.05) is 44.3 Å². The molecule has 11 nitrogen and oxygen atoms in total. The van der Waals surface area contributed by atoms with Crippen molar-refractivity contribution in [3.8, 4) is 11.3 Å². The molecule has 1 aromatic heterocycles. The molecule has 3 aromatic rings. The Bertz CT molecular complexity index is 1810. The summed E-state index contributed by atoms with van der Waals surface area (Å²) in [5.41, 5.74) is 1.93. The molecule has 1 amide bonds. The molecular formula is C34H42F3N7O4S2. The summed E-state index contributed by atoms with van der Waals surface area (Å²) in [6, 6.07) is 13.0. The summed E-state index contributed by atoms with van der Waals surface area (Å²) < 4.78 is 70.5. The number of nitrogens with one attached hydrogen (secondary N) is 2. The Morgan fingerprint density at radius 3 is 2.46 bits per heavy atom. The normalized spacial score (nSPS) is 18.7. The van der Waals surface area contributed by atoms with Crippen molar-refractivity contribution >= 4 is 38.9 Å². The Hall–Kier alpha value is -3.57. The number of sulfonamides is 1. The van der Waals surface area contributed by atoms with Gasteiger partial charge in [0.05, 0.1) is 30.2 Å². The van der Waals surface area contributed by atoms with Crippen molar-refractivity contribution in [3.05, 3.63) is 70.9 Å². The Morgan fingerprint density at radius 2 is 1.80 bits per heavy atom. The lowest BCUT2D eigenvalue weighted by molar-refractivity contribution is -0.138. The third-order valence-electron chi connectivity index (χ3n) is 9.68. The van der Waals surface area contributed by atoms with Gasteiger partial charge in [-0.3, -0.25) is 9.48 Å². The van der Waals surface area contributed by atoms with Crippen LogP contribution in [0.4, 0.5) is 18.9 Å². The molecule has 4 heterocycles. The first-order chi connectivity index (χ1) is 23.8. The number of carbonyl (C=O) groups is 1. The number of likely N-dealkylation sites (tertiary alicyclic amines) is 2. The maximum Gasteiger partial charge on any atom is 0.416 e. The van der Waals surface area contributed by atoms with Gasteiger partial charge in [-0.05, 0) is 61.3 Å². The number of alkyl halides is 3. The van der Waals surface area contributed by atoms with Gasteiger partial charge in [0.25, 0.3) is 0 Å². The smallest absolute Gasteiger partial charge is 0.390 e. The first-order valence-corrected chi connectivity index (χ1v) is 19.1. The number of thiocarbonyl (C=S) groups is 1. The molecule has 0 bridgehead atoms. The maximum atomic E-state index is 14.1. The molecule has 1 atom stereocenters. The number of aliphatic hydroxyl groups is 1. The van der Waals surface area contributed by atoms with Crippen LogP contribution in [-0.2, 0) is 47.0 Å². The number of aliphatic hydroxyl groups excluding tert-OH is 1. The summed E-state index contributed by atoms with van der Waals surface area (Å²) in [5.74, 6) is 0.220. The number of benzene rings is 2. The number of rotatable bonds is 10. The summed E-state index contributed by atoms with van der Waals surface area (Å²) in [6.07, 6.45) is -0.746. The minimum absolute atomic E-state index is 0.0159. The van der Waals surface area contributed by atoms with Crippen molar-refractivity contribution in [1.82, 2.24) is 29.2 Å². The topological polar surface area (TPSA) is 123 Å². The van der Waals surface area contributed by atoms with Crippen LogP contribution in [0.2, 0.25) is 0 Å². The first kappa shape index (κ1) is 36.2. The highest BCUT2D eigenvalue weighted by molar-refractivity contribution is 7.88. The van der Waals surface area contributed by atoms with E-state index in [0.717, 1.165) is 56.9 Å². The number of β-amino-alcohol motifs (C(OH)–C–C–N with tert-alkyl or cyclic N) is 1. The zero-order valence-electron chi connectivity index (χ0n) is 27.8. The predicted octanol–water partition coefficient (Wildman–Crippen LogP) is 3.82. The van der Waals surface area contributed by atoms with E-state index in [-0.39, 0.29) is 48.8 Å². The summed E-state index contributed by atoms with van der Waals surface area (Å²) in [7, 11) is -3.56. The quantitative estimate of drug-likeness (QED) is 0.267. The highest BCUT2D eigenvalue weighted by Crippen LogP contribution is 2.37. The standard InChI is InChI=1S/C34H42F3N7O4S2/c1-50(47,48)42-17-13-30-28(22-42)32(40-44(30)21-27(45)20-41-15-11-26(12-16-41)43-14-5-8-31(43)46)23-9-10-29(34(35,36)37)24(18-23)19-38-33(49)39-25-6-3-2-4-7-25/h2-4,6-7,9-10,18,26-27,45H,5,8,11-17,19-22H2,1H3,(H2,38,39,49). The third-order valence-corrected chi connectivity index (χ3v) is 11.2. The van der Waals surface area contributed by atoms with E-state index in [1.54, 1.807) is 16.8 Å². The van der Waals surface area contributed by atoms with E-state index in [1.807, 2.05) is 23.1 Å². The molecule has 0 aliphatic carbocycles. The second-order valence-electron chi connectivity index (χ2n) is 13.2. The number of hydrogen-bond donors (Lipinski definition) is 3. The Labute approximate surface area is 295 Å². The van der Waals surface area contributed by atoms with E-state index in [0.29, 0.717) is 41.9 Å². The maximum absolute atomic E-state index is 14.1. The number of amides is 1. The van der Waals surface area contributed by atoms with Crippen molar-refractivity contribution in [2.24, 2.45) is 0 Å². The average Bonchev–Trinajstić information content (AvgIpc) is 3.66. The predicted molar refractivity (Wildman–Crippen MR) is 188 cm³/mol. The zero-order valence-corrected chi connectivity index (χ0v) is 29.5. The Kier molecular flexibility index (Phi) is 10.8. The Balaban J connectivity index is 1.22. The fraction of sp³-hybridized carbons (Fsp3) is 0.500. The number of para-hydroxylation sites is 1. The van der Waals surface area contributed by atoms with Gasteiger partial charge in [-0.1, -0.05) is 24.3 Å². The lowest BCUT2D eigenvalue weighted by atomic mass is 9.97. The highest BCUT2D eigenvalue weighted by atomic mass is 32.2. The van der Waals surface area contributed by atoms with Crippen LogP contribution in [0.25, 0.3) is 11.3 Å². The largest absolute Gasteiger partial charge is 0.416 e. The second kappa shape index (κ2) is 15.0. The van der Waals surface area contributed by atoms with E-state index >= 15 is 0 Å². The molecular weight excluding hydrogens is 692 g/mol. The molecule has 16 heteroatoms. The fourth-order valence-corrected chi connectivity index (χ4v) is 8.17. The monoisotopic (exact) mass is 733 g/mol. The van der Waals surface area contributed by atoms with Gasteiger partial charge in [-0.15, -0.1) is 0 Å². The molecule has 2 aromatic carbocycles. The van der Waals surface area contributed by atoms with Crippen LogP contribution < -0.4 is 10.6 Å². The first-order valence-electron chi connectivity index (χ1n) is 16.8. The third kappa shape index (κ3) is 8.48. The van der Waals surface area contributed by atoms with Crippen molar-refractivity contribution in [1.29, 1.82) is 0 Å². The summed E-state index contributed by atoms with van der Waals surface area (Å²) in [5, 5.41) is 22.0. The van der Waals surface area contributed by atoms with E-state index in [1.165, 1.54) is 16.4 Å². The van der Waals surface area contributed by atoms with E-state index < -0.39 is 27.9 Å². The number of carbonyl (C=O) groups excluding carboxylic acids is 1. The molecule has 1 unspecified atom stereocenters. The molecule has 0 spiro atoms. The van der Waals surface area contributed by atoms with Gasteiger partial charge in [0, 0.05) is 87.2 Å². The lowest BCUT2D eigenvalue weighted by Gasteiger charge is -2.37. The molecule has 0 saturated carbocycles. The van der Waals surface area contributed by atoms with Crippen LogP contribution >= 0.6 is 12.2 Å². The van der Waals surface area contributed by atoms with E-state index in [9.17, 15) is 31.5 Å². The van der Waals surface area contributed by atoms with Gasteiger partial charge in [0.1, 0.15) is 0 Å². The van der Waals surface area contributed by atoms with Crippen molar-refractivity contribution < 1.29 is 31.5 Å². The molecule has 270 valence electrons. The number of fused-ring (bicyclic) bond motifs is 1. The van der Waals surface area contributed by atoms with E-state index in [4.69, 9.17) is 17.3 Å². The molecule has 3 aliphatic rings. The summed E-state index contributed by atoms with van der Waals surface area (Å²) in [6.45, 7) is 2.87. The summed E-state index contributed by atoms with van der Waals surface area (Å²) >= 11 is 5.34. The van der Waals surface area contributed by atoms with Gasteiger partial charge < -0.3 is 25.5 Å². The van der Waals surface area contributed by atoms with Crippen LogP contribution in [0.3, 0.4) is 0 Å². The fourth-order valence-electron chi connectivity index (χ4n) is 7.19. The average molecular weight is 734 g/mol. The number of aromatic nitrogens is 2. The SMILES string of the molecule is CS(=O)(=O)N1CCc2c(c(-c3ccc(C(F)(F)F)c(CNC(=S)Nc4ccccc4)c3)nn2CC(O)CN2CCC(N3CCCC3=O)CC2)C1. The van der Waals surface area contributed by atoms with Crippen molar-refractivity contribution in [3.63, 3.8) is 0 Å². The molecule has 2 fully saturated rings. The minimum atomic E-state index is -4.63. The zero-order chi connectivity index (χ0) is 35.6. The number of piperidine rings is 1. The van der Waals surface area contributed by atoms with Crippen molar-refractivity contribution in [2.45, 2.75) is 70.1 Å². The number of anilines is 1. The molecule has 3 aliphatic heterocycles. The van der Waals surface area contributed by atoms with Crippen LogP contribution in [0, 0.1) is 0 Å². The molecule has 6 rings (SSSR count). The van der Waals surface area contributed by atoms with Crippen LogP contribution in [-0.4, -0.2) is 99.6 Å². The minimum Gasteiger partial charge on any atom is -0.390 e. The Morgan fingerprint density at radius 1 is 1.06 bits per heavy atom.